The number of rotatable bonds is 3. The maximum absolute atomic E-state index is 12.8. The Kier molecular flexibility index (Phi) is 5.82. The third-order valence-corrected chi connectivity index (χ3v) is 4.44. The number of nitrogens with zero attached hydrogens (tertiary/aromatic N) is 3. The fourth-order valence-corrected chi connectivity index (χ4v) is 3.19. The molecule has 1 N–H and O–H groups in total. The molecule has 0 bridgehead atoms. The minimum absolute atomic E-state index is 0.290. The summed E-state index contributed by atoms with van der Waals surface area (Å²) in [6, 6.07) is 6.35. The normalized spacial score (nSPS) is 13.4. The van der Waals surface area contributed by atoms with Crippen LogP contribution >= 0.6 is 0 Å². The van der Waals surface area contributed by atoms with Gasteiger partial charge in [-0.1, -0.05) is 6.07 Å². The van der Waals surface area contributed by atoms with Crippen LogP contribution in [-0.2, 0) is 29.5 Å². The quantitative estimate of drug-likeness (QED) is 0.612. The number of amides is 2. The first-order chi connectivity index (χ1) is 14.0. The number of hydrogen-bond donors (Lipinski definition) is 1. The molecular weight excluding hydrogens is 388 g/mol. The molecule has 1 aliphatic heterocycles. The highest BCUT2D eigenvalue weighted by atomic mass is 16.6. The fourth-order valence-electron chi connectivity index (χ4n) is 3.19. The van der Waals surface area contributed by atoms with Gasteiger partial charge in [-0.15, -0.1) is 0 Å². The van der Waals surface area contributed by atoms with Crippen molar-refractivity contribution in [3.63, 3.8) is 0 Å². The van der Waals surface area contributed by atoms with E-state index in [1.807, 2.05) is 20.8 Å². The zero-order valence-electron chi connectivity index (χ0n) is 17.8. The lowest BCUT2D eigenvalue weighted by Crippen LogP contribution is -2.40. The molecule has 0 spiro atoms. The van der Waals surface area contributed by atoms with E-state index < -0.39 is 17.7 Å². The summed E-state index contributed by atoms with van der Waals surface area (Å²) in [5.74, 6) is -0.0286. The van der Waals surface area contributed by atoms with Crippen molar-refractivity contribution in [3.8, 4) is 5.75 Å². The average molecular weight is 414 g/mol. The molecule has 9 nitrogen and oxygen atoms in total. The van der Waals surface area contributed by atoms with Crippen molar-refractivity contribution in [3.05, 3.63) is 41.1 Å². The Morgan fingerprint density at radius 3 is 2.60 bits per heavy atom. The molecule has 0 unspecified atom stereocenters. The lowest BCUT2D eigenvalue weighted by atomic mass is 10.1. The molecule has 0 saturated heterocycles. The predicted molar refractivity (Wildman–Crippen MR) is 109 cm³/mol. The van der Waals surface area contributed by atoms with Crippen LogP contribution in [0, 0.1) is 0 Å². The van der Waals surface area contributed by atoms with Crippen LogP contribution in [0.25, 0.3) is 0 Å². The molecule has 30 heavy (non-hydrogen) atoms. The van der Waals surface area contributed by atoms with Gasteiger partial charge in [-0.2, -0.15) is 5.10 Å². The minimum Gasteiger partial charge on any atom is -0.444 e. The molecule has 1 aliphatic rings. The summed E-state index contributed by atoms with van der Waals surface area (Å²) in [5.41, 5.74) is 1.36. The molecule has 2 amide bonds. The van der Waals surface area contributed by atoms with E-state index in [-0.39, 0.29) is 5.91 Å². The monoisotopic (exact) mass is 414 g/mol. The second kappa shape index (κ2) is 8.17. The Labute approximate surface area is 174 Å². The molecular formula is C21H26N4O5. The average Bonchev–Trinajstić information content (AvgIpc) is 2.94. The second-order valence-corrected chi connectivity index (χ2v) is 8.12. The van der Waals surface area contributed by atoms with Crippen molar-refractivity contribution in [2.24, 2.45) is 7.05 Å². The van der Waals surface area contributed by atoms with Crippen molar-refractivity contribution in [1.82, 2.24) is 14.7 Å². The molecule has 0 atom stereocenters. The Morgan fingerprint density at radius 1 is 1.20 bits per heavy atom. The van der Waals surface area contributed by atoms with Crippen LogP contribution in [0.2, 0.25) is 0 Å². The van der Waals surface area contributed by atoms with Crippen LogP contribution in [0.5, 0.6) is 5.75 Å². The highest BCUT2D eigenvalue weighted by Crippen LogP contribution is 2.27. The van der Waals surface area contributed by atoms with Gasteiger partial charge in [0.05, 0.1) is 12.2 Å². The lowest BCUT2D eigenvalue weighted by Gasteiger charge is -2.29. The number of ether oxygens (including phenoxy) is 2. The topological polar surface area (TPSA) is 103 Å². The molecule has 3 rings (SSSR count). The van der Waals surface area contributed by atoms with Crippen LogP contribution in [0.15, 0.2) is 24.3 Å². The van der Waals surface area contributed by atoms with E-state index in [4.69, 9.17) is 9.47 Å². The summed E-state index contributed by atoms with van der Waals surface area (Å²) in [4.78, 5) is 38.0. The summed E-state index contributed by atoms with van der Waals surface area (Å²) in [7, 11) is 1.74. The first kappa shape index (κ1) is 21.4. The summed E-state index contributed by atoms with van der Waals surface area (Å²) in [6.45, 7) is 7.54. The number of carbonyl (C=O) groups excluding carboxylic acids is 3. The Hall–Kier alpha value is -3.36. The third kappa shape index (κ3) is 4.97. The van der Waals surface area contributed by atoms with E-state index in [9.17, 15) is 14.4 Å². The number of esters is 1. The van der Waals surface area contributed by atoms with Gasteiger partial charge >= 0.3 is 12.1 Å². The maximum atomic E-state index is 12.8. The number of benzene rings is 1. The summed E-state index contributed by atoms with van der Waals surface area (Å²) in [5, 5.41) is 7.34. The molecule has 9 heteroatoms. The van der Waals surface area contributed by atoms with Gasteiger partial charge in [0, 0.05) is 38.1 Å². The van der Waals surface area contributed by atoms with E-state index in [1.165, 1.54) is 13.0 Å². The number of aryl methyl sites for hydroxylation is 1. The van der Waals surface area contributed by atoms with Gasteiger partial charge in [0.2, 0.25) is 0 Å². The molecule has 2 aromatic rings. The van der Waals surface area contributed by atoms with Gasteiger partial charge in [-0.3, -0.25) is 14.3 Å². The Balaban J connectivity index is 1.79. The van der Waals surface area contributed by atoms with Crippen molar-refractivity contribution in [1.29, 1.82) is 0 Å². The molecule has 2 heterocycles. The standard InChI is InChI=1S/C21H26N4O5/c1-13(26)29-15-8-6-7-14(11-15)19(27)22-18-16-12-25(20(28)30-21(2,3)4)10-9-17(16)23-24(18)5/h6-8,11H,9-10,12H2,1-5H3,(H,22,27). The van der Waals surface area contributed by atoms with Crippen LogP contribution in [0.4, 0.5) is 10.6 Å². The number of aromatic nitrogens is 2. The first-order valence-corrected chi connectivity index (χ1v) is 9.66. The van der Waals surface area contributed by atoms with Gasteiger partial charge in [0.25, 0.3) is 5.91 Å². The van der Waals surface area contributed by atoms with Gasteiger partial charge in [0.1, 0.15) is 17.2 Å². The van der Waals surface area contributed by atoms with Crippen LogP contribution in [-0.4, -0.2) is 44.8 Å². The van der Waals surface area contributed by atoms with E-state index in [2.05, 4.69) is 10.4 Å². The van der Waals surface area contributed by atoms with Crippen molar-refractivity contribution in [2.45, 2.75) is 46.3 Å². The predicted octanol–water partition coefficient (Wildman–Crippen LogP) is 2.89. The summed E-state index contributed by atoms with van der Waals surface area (Å²) < 4.78 is 12.1. The summed E-state index contributed by atoms with van der Waals surface area (Å²) in [6.07, 6.45) is 0.170. The molecule has 1 aromatic carbocycles. The summed E-state index contributed by atoms with van der Waals surface area (Å²) >= 11 is 0. The highest BCUT2D eigenvalue weighted by molar-refractivity contribution is 6.04. The number of nitrogens with one attached hydrogen (secondary N) is 1. The maximum Gasteiger partial charge on any atom is 0.410 e. The molecule has 0 aliphatic carbocycles. The lowest BCUT2D eigenvalue weighted by molar-refractivity contribution is -0.131. The van der Waals surface area contributed by atoms with Crippen molar-refractivity contribution in [2.75, 3.05) is 11.9 Å². The number of hydrogen-bond acceptors (Lipinski definition) is 6. The minimum atomic E-state index is -0.587. The van der Waals surface area contributed by atoms with Gasteiger partial charge in [-0.05, 0) is 39.0 Å². The molecule has 1 aromatic heterocycles. The molecule has 0 radical (unpaired) electrons. The largest absolute Gasteiger partial charge is 0.444 e. The first-order valence-electron chi connectivity index (χ1n) is 9.66. The van der Waals surface area contributed by atoms with Gasteiger partial charge in [-0.25, -0.2) is 4.79 Å². The third-order valence-electron chi connectivity index (χ3n) is 4.44. The van der Waals surface area contributed by atoms with Crippen LogP contribution in [0.1, 0.15) is 49.3 Å². The fraction of sp³-hybridized carbons (Fsp3) is 0.429. The van der Waals surface area contributed by atoms with Crippen LogP contribution in [0.3, 0.4) is 0 Å². The van der Waals surface area contributed by atoms with E-state index in [0.717, 1.165) is 11.3 Å². The zero-order chi connectivity index (χ0) is 22.1. The van der Waals surface area contributed by atoms with Crippen molar-refractivity contribution >= 4 is 23.8 Å². The van der Waals surface area contributed by atoms with Gasteiger partial charge in [0.15, 0.2) is 0 Å². The van der Waals surface area contributed by atoms with Crippen LogP contribution < -0.4 is 10.1 Å². The number of carbonyl (C=O) groups is 3. The molecule has 0 fully saturated rings. The Bertz CT molecular complexity index is 990. The smallest absolute Gasteiger partial charge is 0.410 e. The number of anilines is 1. The van der Waals surface area contributed by atoms with Gasteiger partial charge < -0.3 is 19.7 Å². The zero-order valence-corrected chi connectivity index (χ0v) is 17.8. The molecule has 0 saturated carbocycles. The molecule has 160 valence electrons. The SMILES string of the molecule is CC(=O)Oc1cccc(C(=O)Nc2c3c(nn2C)CCN(C(=O)OC(C)(C)C)C3)c1. The van der Waals surface area contributed by atoms with E-state index in [0.29, 0.717) is 36.6 Å². The number of fused-ring (bicyclic) bond motifs is 1. The van der Waals surface area contributed by atoms with Crippen molar-refractivity contribution < 1.29 is 23.9 Å². The van der Waals surface area contributed by atoms with E-state index in [1.54, 1.807) is 34.8 Å². The highest BCUT2D eigenvalue weighted by Gasteiger charge is 2.30. The van der Waals surface area contributed by atoms with E-state index >= 15 is 0 Å². The second-order valence-electron chi connectivity index (χ2n) is 8.12. The Morgan fingerprint density at radius 2 is 1.93 bits per heavy atom.